The minimum atomic E-state index is 0.139. The maximum Gasteiger partial charge on any atom is 0.174 e. The second-order valence-corrected chi connectivity index (χ2v) is 8.84. The van der Waals surface area contributed by atoms with Gasteiger partial charge < -0.3 is 10.2 Å². The van der Waals surface area contributed by atoms with Crippen LogP contribution in [0.1, 0.15) is 46.0 Å². The molecule has 1 aliphatic heterocycles. The number of nitrogens with one attached hydrogen (secondary N) is 1. The van der Waals surface area contributed by atoms with E-state index in [1.807, 2.05) is 24.3 Å². The number of thioether (sulfide) groups is 1. The Morgan fingerprint density at radius 3 is 2.83 bits per heavy atom. The highest BCUT2D eigenvalue weighted by atomic mass is 35.5. The molecule has 1 heterocycles. The largest absolute Gasteiger partial charge is 0.333 e. The van der Waals surface area contributed by atoms with Gasteiger partial charge in [-0.15, -0.1) is 11.8 Å². The van der Waals surface area contributed by atoms with Crippen molar-refractivity contribution < 1.29 is 0 Å². The summed E-state index contributed by atoms with van der Waals surface area (Å²) in [6.45, 7) is 4.62. The zero-order valence-corrected chi connectivity index (χ0v) is 16.2. The molecule has 1 N–H and O–H groups in total. The van der Waals surface area contributed by atoms with Crippen molar-refractivity contribution in [2.45, 2.75) is 56.9 Å². The molecule has 2 aliphatic rings. The first-order valence-corrected chi connectivity index (χ1v) is 10.3. The van der Waals surface area contributed by atoms with Crippen LogP contribution in [-0.2, 0) is 0 Å². The monoisotopic (exact) mass is 368 g/mol. The topological polar surface area (TPSA) is 15.3 Å². The van der Waals surface area contributed by atoms with Gasteiger partial charge in [0.1, 0.15) is 0 Å². The highest BCUT2D eigenvalue weighted by molar-refractivity contribution is 8.00. The average molecular weight is 369 g/mol. The lowest BCUT2D eigenvalue weighted by Gasteiger charge is -2.41. The Hall–Kier alpha value is -0.450. The van der Waals surface area contributed by atoms with Gasteiger partial charge in [-0.3, -0.25) is 0 Å². The summed E-state index contributed by atoms with van der Waals surface area (Å²) in [7, 11) is 0. The van der Waals surface area contributed by atoms with Crippen molar-refractivity contribution in [3.63, 3.8) is 0 Å². The molecule has 0 bridgehead atoms. The number of hydrogen-bond acceptors (Lipinski definition) is 2. The molecule has 1 saturated carbocycles. The number of anilines is 1. The summed E-state index contributed by atoms with van der Waals surface area (Å²) in [5, 5.41) is 5.52. The van der Waals surface area contributed by atoms with E-state index in [9.17, 15) is 0 Å². The highest BCUT2D eigenvalue weighted by Crippen LogP contribution is 2.46. The van der Waals surface area contributed by atoms with Gasteiger partial charge in [0.25, 0.3) is 0 Å². The van der Waals surface area contributed by atoms with Gasteiger partial charge in [0.05, 0.1) is 5.37 Å². The predicted octanol–water partition coefficient (Wildman–Crippen LogP) is 5.77. The molecule has 0 amide bonds. The fraction of sp³-hybridized carbons (Fsp3) is 0.611. The van der Waals surface area contributed by atoms with E-state index in [4.69, 9.17) is 23.8 Å². The van der Waals surface area contributed by atoms with Gasteiger partial charge >= 0.3 is 0 Å². The van der Waals surface area contributed by atoms with E-state index < -0.39 is 0 Å². The van der Waals surface area contributed by atoms with Crippen LogP contribution in [-0.4, -0.2) is 26.7 Å². The normalized spacial score (nSPS) is 28.3. The molecule has 5 heteroatoms. The van der Waals surface area contributed by atoms with Crippen LogP contribution in [0, 0.1) is 5.92 Å². The van der Waals surface area contributed by atoms with Crippen LogP contribution in [0.3, 0.4) is 0 Å². The van der Waals surface area contributed by atoms with Crippen LogP contribution in [0.5, 0.6) is 0 Å². The predicted molar refractivity (Wildman–Crippen MR) is 106 cm³/mol. The molecule has 2 atom stereocenters. The fourth-order valence-electron chi connectivity index (χ4n) is 3.69. The average Bonchev–Trinajstić information content (AvgIpc) is 3.15. The van der Waals surface area contributed by atoms with Crippen molar-refractivity contribution in [3.05, 3.63) is 29.3 Å². The summed E-state index contributed by atoms with van der Waals surface area (Å²) in [6.07, 6.45) is 6.53. The quantitative estimate of drug-likeness (QED) is 0.681. The van der Waals surface area contributed by atoms with Crippen LogP contribution in [0.4, 0.5) is 5.69 Å². The van der Waals surface area contributed by atoms with Crippen molar-refractivity contribution in [1.29, 1.82) is 0 Å². The molecule has 0 aromatic heterocycles. The van der Waals surface area contributed by atoms with E-state index >= 15 is 0 Å². The number of halogens is 1. The highest BCUT2D eigenvalue weighted by Gasteiger charge is 2.46. The van der Waals surface area contributed by atoms with Crippen LogP contribution in [0.15, 0.2) is 24.3 Å². The van der Waals surface area contributed by atoms with Crippen LogP contribution >= 0.6 is 35.6 Å². The Balaban J connectivity index is 1.80. The van der Waals surface area contributed by atoms with Gasteiger partial charge in [-0.05, 0) is 62.5 Å². The summed E-state index contributed by atoms with van der Waals surface area (Å²) in [5.41, 5.74) is 1.11. The molecule has 2 unspecified atom stereocenters. The van der Waals surface area contributed by atoms with E-state index in [0.29, 0.717) is 5.37 Å². The SMILES string of the molecule is CCC1(C)CSC(C2CCCC2)N1C(=S)Nc1cccc(Cl)c1. The smallest absolute Gasteiger partial charge is 0.174 e. The molecule has 3 rings (SSSR count). The van der Waals surface area contributed by atoms with Crippen molar-refractivity contribution in [3.8, 4) is 0 Å². The second kappa shape index (κ2) is 7.20. The maximum atomic E-state index is 6.10. The standard InChI is InChI=1S/C18H25ClN2S2/c1-3-18(2)12-23-16(13-7-4-5-8-13)21(18)17(22)20-15-10-6-9-14(19)11-15/h6,9-11,13,16H,3-5,7-8,12H2,1-2H3,(H,20,22). The van der Waals surface area contributed by atoms with Crippen LogP contribution in [0.25, 0.3) is 0 Å². The van der Waals surface area contributed by atoms with Crippen molar-refractivity contribution in [2.75, 3.05) is 11.1 Å². The summed E-state index contributed by atoms with van der Waals surface area (Å²) in [4.78, 5) is 2.49. The first kappa shape index (κ1) is 17.4. The molecule has 2 fully saturated rings. The fourth-order valence-corrected chi connectivity index (χ4v) is 6.32. The first-order chi connectivity index (χ1) is 11.0. The molecule has 1 aromatic carbocycles. The summed E-state index contributed by atoms with van der Waals surface area (Å²) in [5.74, 6) is 1.93. The van der Waals surface area contributed by atoms with E-state index in [1.54, 1.807) is 0 Å². The van der Waals surface area contributed by atoms with Gasteiger partial charge in [-0.25, -0.2) is 0 Å². The molecule has 1 aliphatic carbocycles. The van der Waals surface area contributed by atoms with Crippen molar-refractivity contribution >= 4 is 46.4 Å². The Labute approximate surface area is 154 Å². The molecule has 0 radical (unpaired) electrons. The number of rotatable bonds is 3. The second-order valence-electron chi connectivity index (χ2n) is 6.91. The molecular formula is C18H25ClN2S2. The Morgan fingerprint density at radius 2 is 2.17 bits per heavy atom. The van der Waals surface area contributed by atoms with Gasteiger partial charge in [-0.1, -0.05) is 37.4 Å². The number of hydrogen-bond donors (Lipinski definition) is 1. The lowest BCUT2D eigenvalue weighted by Crippen LogP contribution is -2.52. The molecular weight excluding hydrogens is 344 g/mol. The van der Waals surface area contributed by atoms with Gasteiger partial charge in [-0.2, -0.15) is 0 Å². The third-order valence-corrected chi connectivity index (χ3v) is 7.52. The van der Waals surface area contributed by atoms with Crippen molar-refractivity contribution in [1.82, 2.24) is 4.90 Å². The summed E-state index contributed by atoms with van der Waals surface area (Å²) in [6, 6.07) is 7.80. The Bertz CT molecular complexity index is 574. The van der Waals surface area contributed by atoms with Gasteiger partial charge in [0.15, 0.2) is 5.11 Å². The third-order valence-electron chi connectivity index (χ3n) is 5.26. The van der Waals surface area contributed by atoms with E-state index in [2.05, 4.69) is 35.8 Å². The van der Waals surface area contributed by atoms with E-state index in [-0.39, 0.29) is 5.54 Å². The molecule has 2 nitrogen and oxygen atoms in total. The summed E-state index contributed by atoms with van der Waals surface area (Å²) < 4.78 is 0. The molecule has 1 aromatic rings. The zero-order valence-electron chi connectivity index (χ0n) is 13.8. The van der Waals surface area contributed by atoms with E-state index in [0.717, 1.165) is 33.9 Å². The number of nitrogens with zero attached hydrogens (tertiary/aromatic N) is 1. The van der Waals surface area contributed by atoms with Crippen LogP contribution < -0.4 is 5.32 Å². The molecule has 0 spiro atoms. The summed E-state index contributed by atoms with van der Waals surface area (Å²) >= 11 is 14.0. The molecule has 23 heavy (non-hydrogen) atoms. The lowest BCUT2D eigenvalue weighted by atomic mass is 9.97. The Kier molecular flexibility index (Phi) is 5.44. The number of benzene rings is 1. The maximum absolute atomic E-state index is 6.10. The minimum absolute atomic E-state index is 0.139. The zero-order chi connectivity index (χ0) is 16.4. The lowest BCUT2D eigenvalue weighted by molar-refractivity contribution is 0.189. The minimum Gasteiger partial charge on any atom is -0.333 e. The van der Waals surface area contributed by atoms with E-state index in [1.165, 1.54) is 25.7 Å². The third kappa shape index (κ3) is 3.64. The van der Waals surface area contributed by atoms with Gasteiger partial charge in [0, 0.05) is 22.0 Å². The molecule has 126 valence electrons. The Morgan fingerprint density at radius 1 is 1.43 bits per heavy atom. The first-order valence-electron chi connectivity index (χ1n) is 8.51. The van der Waals surface area contributed by atoms with Crippen molar-refractivity contribution in [2.24, 2.45) is 5.92 Å². The number of thiocarbonyl (C=S) groups is 1. The van der Waals surface area contributed by atoms with Crippen LogP contribution in [0.2, 0.25) is 5.02 Å². The van der Waals surface area contributed by atoms with Gasteiger partial charge in [0.2, 0.25) is 0 Å². The molecule has 1 saturated heterocycles.